The number of aryl methyl sites for hydroxylation is 4. The highest BCUT2D eigenvalue weighted by atomic mass is 16.2. The molecule has 0 spiro atoms. The van der Waals surface area contributed by atoms with Crippen LogP contribution in [0.3, 0.4) is 0 Å². The van der Waals surface area contributed by atoms with Crippen LogP contribution in [0.4, 0.5) is 0 Å². The Morgan fingerprint density at radius 3 is 2.38 bits per heavy atom. The minimum absolute atomic E-state index is 0.0743. The molecule has 0 bridgehead atoms. The third-order valence-corrected chi connectivity index (χ3v) is 4.95. The summed E-state index contributed by atoms with van der Waals surface area (Å²) in [4.78, 5) is 25.4. The van der Waals surface area contributed by atoms with Crippen molar-refractivity contribution in [2.75, 3.05) is 0 Å². The maximum absolute atomic E-state index is 12.9. The maximum atomic E-state index is 12.9. The van der Waals surface area contributed by atoms with Crippen LogP contribution in [0.25, 0.3) is 10.9 Å². The first-order valence-electron chi connectivity index (χ1n) is 8.61. The third-order valence-electron chi connectivity index (χ3n) is 4.95. The summed E-state index contributed by atoms with van der Waals surface area (Å²) in [6, 6.07) is 9.73. The number of aromatic nitrogens is 2. The molecule has 2 aromatic carbocycles. The van der Waals surface area contributed by atoms with Crippen LogP contribution in [-0.4, -0.2) is 15.7 Å². The maximum Gasteiger partial charge on any atom is 0.276 e. The average Bonchev–Trinajstić information content (AvgIpc) is 2.61. The van der Waals surface area contributed by atoms with Crippen molar-refractivity contribution < 1.29 is 4.79 Å². The van der Waals surface area contributed by atoms with E-state index < -0.39 is 5.91 Å². The molecule has 3 aromatic rings. The highest BCUT2D eigenvalue weighted by Gasteiger charge is 2.18. The molecule has 0 unspecified atom stereocenters. The molecule has 134 valence electrons. The van der Waals surface area contributed by atoms with E-state index in [1.165, 1.54) is 0 Å². The smallest absolute Gasteiger partial charge is 0.276 e. The van der Waals surface area contributed by atoms with Gasteiger partial charge in [-0.05, 0) is 56.0 Å². The van der Waals surface area contributed by atoms with Crippen LogP contribution in [0.1, 0.15) is 38.3 Å². The number of amides is 1. The third kappa shape index (κ3) is 3.12. The molecule has 26 heavy (non-hydrogen) atoms. The Morgan fingerprint density at radius 1 is 1.08 bits per heavy atom. The predicted molar refractivity (Wildman–Crippen MR) is 104 cm³/mol. The summed E-state index contributed by atoms with van der Waals surface area (Å²) < 4.78 is 1.62. The first-order valence-corrected chi connectivity index (χ1v) is 8.61. The topological polar surface area (TPSA) is 64.0 Å². The Balaban J connectivity index is 1.98. The Hall–Kier alpha value is -2.95. The molecule has 1 aromatic heterocycles. The lowest BCUT2D eigenvalue weighted by Gasteiger charge is -2.14. The molecule has 0 aliphatic carbocycles. The minimum Gasteiger partial charge on any atom is -0.346 e. The first-order chi connectivity index (χ1) is 12.3. The highest BCUT2D eigenvalue weighted by Crippen LogP contribution is 2.21. The quantitative estimate of drug-likeness (QED) is 0.790. The molecule has 3 rings (SSSR count). The molecular formula is C21H23N3O2. The fraction of sp³-hybridized carbons (Fsp3) is 0.286. The molecular weight excluding hydrogens is 326 g/mol. The van der Waals surface area contributed by atoms with Crippen molar-refractivity contribution in [3.63, 3.8) is 0 Å². The van der Waals surface area contributed by atoms with Crippen LogP contribution < -0.4 is 10.7 Å². The molecule has 1 heterocycles. The van der Waals surface area contributed by atoms with Gasteiger partial charge >= 0.3 is 0 Å². The van der Waals surface area contributed by atoms with Gasteiger partial charge in [-0.3, -0.25) is 14.3 Å². The Bertz CT molecular complexity index is 1060. The molecule has 0 saturated heterocycles. The normalized spacial score (nSPS) is 11.0. The summed E-state index contributed by atoms with van der Waals surface area (Å²) in [5.74, 6) is -0.455. The Kier molecular flexibility index (Phi) is 4.64. The lowest BCUT2D eigenvalue weighted by molar-refractivity contribution is 0.0943. The molecule has 0 saturated carbocycles. The summed E-state index contributed by atoms with van der Waals surface area (Å²) in [5.41, 5.74) is 5.68. The van der Waals surface area contributed by atoms with E-state index in [0.29, 0.717) is 11.9 Å². The fourth-order valence-electron chi connectivity index (χ4n) is 3.15. The lowest BCUT2D eigenvalue weighted by Crippen LogP contribution is -2.31. The predicted octanol–water partition coefficient (Wildman–Crippen LogP) is 3.10. The molecule has 0 fully saturated rings. The van der Waals surface area contributed by atoms with Gasteiger partial charge in [0, 0.05) is 13.6 Å². The second-order valence-corrected chi connectivity index (χ2v) is 6.81. The standard InChI is InChI=1S/C21H23N3O2/c1-12-6-8-16(9-7-12)11-22-21(26)18-20(25)17-10-13(2)14(3)15(4)19(17)24(5)23-18/h6-10H,11H2,1-5H3,(H,22,26). The van der Waals surface area contributed by atoms with Gasteiger partial charge in [-0.15, -0.1) is 0 Å². The second kappa shape index (κ2) is 6.75. The van der Waals surface area contributed by atoms with Gasteiger partial charge < -0.3 is 5.32 Å². The van der Waals surface area contributed by atoms with E-state index >= 15 is 0 Å². The summed E-state index contributed by atoms with van der Waals surface area (Å²) >= 11 is 0. The second-order valence-electron chi connectivity index (χ2n) is 6.81. The molecule has 5 heteroatoms. The van der Waals surface area contributed by atoms with Crippen LogP contribution >= 0.6 is 0 Å². The summed E-state index contributed by atoms with van der Waals surface area (Å²) in [7, 11) is 1.76. The highest BCUT2D eigenvalue weighted by molar-refractivity contribution is 5.96. The first kappa shape index (κ1) is 17.9. The van der Waals surface area contributed by atoms with Gasteiger partial charge in [-0.1, -0.05) is 29.8 Å². The molecule has 0 radical (unpaired) electrons. The van der Waals surface area contributed by atoms with Gasteiger partial charge in [-0.25, -0.2) is 0 Å². The van der Waals surface area contributed by atoms with Crippen LogP contribution in [0.5, 0.6) is 0 Å². The fourth-order valence-corrected chi connectivity index (χ4v) is 3.15. The number of rotatable bonds is 3. The number of carbonyl (C=O) groups excluding carboxylic acids is 1. The van der Waals surface area contributed by atoms with Gasteiger partial charge in [0.05, 0.1) is 10.9 Å². The number of benzene rings is 2. The summed E-state index contributed by atoms with van der Waals surface area (Å²) in [6.45, 7) is 8.34. The van der Waals surface area contributed by atoms with Gasteiger partial charge in [0.25, 0.3) is 5.91 Å². The van der Waals surface area contributed by atoms with E-state index in [1.54, 1.807) is 11.7 Å². The monoisotopic (exact) mass is 349 g/mol. The molecule has 0 aliphatic heterocycles. The van der Waals surface area contributed by atoms with Crippen molar-refractivity contribution in [1.82, 2.24) is 15.1 Å². The molecule has 5 nitrogen and oxygen atoms in total. The van der Waals surface area contributed by atoms with Crippen LogP contribution in [0, 0.1) is 27.7 Å². The lowest BCUT2D eigenvalue weighted by atomic mass is 9.99. The van der Waals surface area contributed by atoms with Crippen molar-refractivity contribution >= 4 is 16.8 Å². The van der Waals surface area contributed by atoms with E-state index in [0.717, 1.165) is 33.3 Å². The Morgan fingerprint density at radius 2 is 1.73 bits per heavy atom. The Labute approximate surface area is 152 Å². The zero-order valence-electron chi connectivity index (χ0n) is 15.8. The van der Waals surface area contributed by atoms with Gasteiger partial charge in [0.15, 0.2) is 5.69 Å². The van der Waals surface area contributed by atoms with Gasteiger partial charge in [-0.2, -0.15) is 5.10 Å². The molecule has 0 atom stereocenters. The van der Waals surface area contributed by atoms with E-state index in [2.05, 4.69) is 10.4 Å². The number of nitrogens with one attached hydrogen (secondary N) is 1. The zero-order valence-corrected chi connectivity index (χ0v) is 15.8. The molecule has 1 N–H and O–H groups in total. The van der Waals surface area contributed by atoms with Crippen LogP contribution in [-0.2, 0) is 13.6 Å². The number of nitrogens with zero attached hydrogens (tertiary/aromatic N) is 2. The van der Waals surface area contributed by atoms with Crippen molar-refractivity contribution in [1.29, 1.82) is 0 Å². The van der Waals surface area contributed by atoms with E-state index in [1.807, 2.05) is 58.0 Å². The van der Waals surface area contributed by atoms with Gasteiger partial charge in [0.1, 0.15) is 0 Å². The van der Waals surface area contributed by atoms with Gasteiger partial charge in [0.2, 0.25) is 5.43 Å². The minimum atomic E-state index is -0.455. The number of fused-ring (bicyclic) bond motifs is 1. The number of hydrogen-bond donors (Lipinski definition) is 1. The molecule has 1 amide bonds. The molecule has 0 aliphatic rings. The van der Waals surface area contributed by atoms with Crippen LogP contribution in [0.15, 0.2) is 35.1 Å². The van der Waals surface area contributed by atoms with E-state index in [9.17, 15) is 9.59 Å². The SMILES string of the molecule is Cc1ccc(CNC(=O)c2nn(C)c3c(C)c(C)c(C)cc3c2=O)cc1. The number of carbonyl (C=O) groups is 1. The number of hydrogen-bond acceptors (Lipinski definition) is 3. The van der Waals surface area contributed by atoms with Crippen molar-refractivity contribution in [3.05, 3.63) is 74.1 Å². The van der Waals surface area contributed by atoms with E-state index in [-0.39, 0.29) is 11.1 Å². The van der Waals surface area contributed by atoms with Crippen molar-refractivity contribution in [3.8, 4) is 0 Å². The largest absolute Gasteiger partial charge is 0.346 e. The van der Waals surface area contributed by atoms with Crippen LogP contribution in [0.2, 0.25) is 0 Å². The van der Waals surface area contributed by atoms with E-state index in [4.69, 9.17) is 0 Å². The van der Waals surface area contributed by atoms with Crippen molar-refractivity contribution in [2.24, 2.45) is 7.05 Å². The zero-order chi connectivity index (χ0) is 19.0. The summed E-state index contributed by atoms with van der Waals surface area (Å²) in [6.07, 6.45) is 0. The van der Waals surface area contributed by atoms with Crippen molar-refractivity contribution in [2.45, 2.75) is 34.2 Å². The summed E-state index contributed by atoms with van der Waals surface area (Å²) in [5, 5.41) is 7.58. The average molecular weight is 349 g/mol.